The van der Waals surface area contributed by atoms with Crippen molar-refractivity contribution in [3.8, 4) is 0 Å². The molecule has 7 nitrogen and oxygen atoms in total. The lowest BCUT2D eigenvalue weighted by atomic mass is 9.93. The first-order valence-electron chi connectivity index (χ1n) is 7.36. The molecule has 0 aliphatic carbocycles. The molecule has 0 aromatic carbocycles. The second-order valence-corrected chi connectivity index (χ2v) is 7.87. The molecule has 1 unspecified atom stereocenters. The van der Waals surface area contributed by atoms with Gasteiger partial charge in [0.2, 0.25) is 15.9 Å². The first-order chi connectivity index (χ1) is 9.88. The van der Waals surface area contributed by atoms with Crippen LogP contribution in [-0.2, 0) is 19.6 Å². The van der Waals surface area contributed by atoms with E-state index in [-0.39, 0.29) is 30.5 Å². The number of aliphatic carboxylic acids is 1. The number of sulfonamides is 1. The van der Waals surface area contributed by atoms with Gasteiger partial charge in [-0.1, -0.05) is 0 Å². The first-order valence-corrected chi connectivity index (χ1v) is 8.97. The van der Waals surface area contributed by atoms with Gasteiger partial charge in [0.15, 0.2) is 0 Å². The predicted octanol–water partition coefficient (Wildman–Crippen LogP) is 0.125. The van der Waals surface area contributed by atoms with Gasteiger partial charge in [0.05, 0.1) is 12.3 Å². The van der Waals surface area contributed by atoms with Gasteiger partial charge in [-0.3, -0.25) is 9.59 Å². The van der Waals surface area contributed by atoms with Crippen LogP contribution >= 0.6 is 0 Å². The minimum atomic E-state index is -3.25. The molecule has 120 valence electrons. The van der Waals surface area contributed by atoms with E-state index in [2.05, 4.69) is 0 Å². The third-order valence-electron chi connectivity index (χ3n) is 4.15. The van der Waals surface area contributed by atoms with Crippen LogP contribution in [0.15, 0.2) is 0 Å². The summed E-state index contributed by atoms with van der Waals surface area (Å²) in [5, 5.41) is 8.71. The van der Waals surface area contributed by atoms with Gasteiger partial charge in [-0.2, -0.15) is 4.31 Å². The Kier molecular flexibility index (Phi) is 5.21. The molecule has 2 heterocycles. The van der Waals surface area contributed by atoms with E-state index in [1.807, 2.05) is 0 Å². The number of rotatable bonds is 5. The normalized spacial score (nSPS) is 25.9. The number of carboxylic acid groups (broad SMARTS) is 1. The number of carbonyl (C=O) groups excluding carboxylic acids is 1. The summed E-state index contributed by atoms with van der Waals surface area (Å²) in [6.45, 7) is 1.52. The smallest absolute Gasteiger partial charge is 0.303 e. The zero-order valence-electron chi connectivity index (χ0n) is 12.0. The van der Waals surface area contributed by atoms with Crippen molar-refractivity contribution in [1.29, 1.82) is 0 Å². The molecular formula is C13H22N2O5S. The minimum absolute atomic E-state index is 0.0754. The van der Waals surface area contributed by atoms with E-state index in [1.165, 1.54) is 4.31 Å². The van der Waals surface area contributed by atoms with Crippen molar-refractivity contribution in [3.05, 3.63) is 0 Å². The van der Waals surface area contributed by atoms with Crippen LogP contribution in [0, 0.1) is 5.92 Å². The molecule has 1 N–H and O–H groups in total. The molecular weight excluding hydrogens is 296 g/mol. The second kappa shape index (κ2) is 6.74. The maximum atomic E-state index is 12.2. The zero-order valence-corrected chi connectivity index (χ0v) is 12.8. The summed E-state index contributed by atoms with van der Waals surface area (Å²) in [6, 6.07) is 0. The average molecular weight is 318 g/mol. The Morgan fingerprint density at radius 3 is 2.57 bits per heavy atom. The van der Waals surface area contributed by atoms with Gasteiger partial charge in [0, 0.05) is 26.1 Å². The number of hydrogen-bond donors (Lipinski definition) is 1. The van der Waals surface area contributed by atoms with Crippen molar-refractivity contribution in [2.75, 3.05) is 31.9 Å². The topological polar surface area (TPSA) is 95.0 Å². The highest BCUT2D eigenvalue weighted by atomic mass is 32.2. The maximum absolute atomic E-state index is 12.2. The highest BCUT2D eigenvalue weighted by Crippen LogP contribution is 2.22. The molecule has 0 aromatic rings. The summed E-state index contributed by atoms with van der Waals surface area (Å²) in [4.78, 5) is 24.5. The molecule has 2 fully saturated rings. The molecule has 1 amide bonds. The molecule has 0 spiro atoms. The van der Waals surface area contributed by atoms with Crippen LogP contribution in [-0.4, -0.2) is 66.5 Å². The Morgan fingerprint density at radius 2 is 1.95 bits per heavy atom. The Morgan fingerprint density at radius 1 is 1.19 bits per heavy atom. The zero-order chi connectivity index (χ0) is 15.5. The van der Waals surface area contributed by atoms with Crippen LogP contribution in [0.3, 0.4) is 0 Å². The lowest BCUT2D eigenvalue weighted by molar-refractivity contribution is -0.137. The molecule has 2 aliphatic rings. The molecule has 0 saturated carbocycles. The van der Waals surface area contributed by atoms with Gasteiger partial charge >= 0.3 is 5.97 Å². The van der Waals surface area contributed by atoms with Gasteiger partial charge in [-0.05, 0) is 31.6 Å². The van der Waals surface area contributed by atoms with Crippen LogP contribution in [0.1, 0.15) is 32.1 Å². The lowest BCUT2D eigenvalue weighted by Gasteiger charge is -2.33. The van der Waals surface area contributed by atoms with E-state index in [1.54, 1.807) is 4.90 Å². The second-order valence-electron chi connectivity index (χ2n) is 5.78. The third kappa shape index (κ3) is 4.41. The van der Waals surface area contributed by atoms with E-state index in [0.717, 1.165) is 12.8 Å². The van der Waals surface area contributed by atoms with E-state index in [4.69, 9.17) is 5.11 Å². The summed E-state index contributed by atoms with van der Waals surface area (Å²) >= 11 is 0. The van der Waals surface area contributed by atoms with Crippen LogP contribution in [0.25, 0.3) is 0 Å². The molecule has 1 atom stereocenters. The molecule has 2 aliphatic heterocycles. The van der Waals surface area contributed by atoms with Crippen LogP contribution in [0.2, 0.25) is 0 Å². The Hall–Kier alpha value is -1.15. The van der Waals surface area contributed by atoms with Gasteiger partial charge in [-0.25, -0.2) is 8.42 Å². The minimum Gasteiger partial charge on any atom is -0.481 e. The summed E-state index contributed by atoms with van der Waals surface area (Å²) in [5.74, 6) is -0.655. The van der Waals surface area contributed by atoms with Crippen molar-refractivity contribution in [2.45, 2.75) is 32.1 Å². The SMILES string of the molecule is O=C(O)CCC1CCCN(C(=O)CN2CCCS2(=O)=O)C1. The fourth-order valence-electron chi connectivity index (χ4n) is 2.97. The monoisotopic (exact) mass is 318 g/mol. The lowest BCUT2D eigenvalue weighted by Crippen LogP contribution is -2.45. The van der Waals surface area contributed by atoms with Crippen molar-refractivity contribution in [2.24, 2.45) is 5.92 Å². The number of carbonyl (C=O) groups is 2. The molecule has 0 radical (unpaired) electrons. The Bertz CT molecular complexity index is 505. The number of likely N-dealkylation sites (tertiary alicyclic amines) is 1. The van der Waals surface area contributed by atoms with E-state index in [0.29, 0.717) is 32.5 Å². The molecule has 8 heteroatoms. The molecule has 21 heavy (non-hydrogen) atoms. The van der Waals surface area contributed by atoms with Crippen molar-refractivity contribution in [1.82, 2.24) is 9.21 Å². The summed E-state index contributed by atoms with van der Waals surface area (Å²) in [5.41, 5.74) is 0. The fraction of sp³-hybridized carbons (Fsp3) is 0.846. The van der Waals surface area contributed by atoms with Crippen molar-refractivity contribution < 1.29 is 23.1 Å². The van der Waals surface area contributed by atoms with E-state index >= 15 is 0 Å². The number of piperidine rings is 1. The maximum Gasteiger partial charge on any atom is 0.303 e. The van der Waals surface area contributed by atoms with E-state index < -0.39 is 16.0 Å². The molecule has 0 aromatic heterocycles. The number of nitrogens with zero attached hydrogens (tertiary/aromatic N) is 2. The van der Waals surface area contributed by atoms with Gasteiger partial charge in [-0.15, -0.1) is 0 Å². The summed E-state index contributed by atoms with van der Waals surface area (Å²) < 4.78 is 24.7. The van der Waals surface area contributed by atoms with Gasteiger partial charge in [0.25, 0.3) is 0 Å². The fourth-order valence-corrected chi connectivity index (χ4v) is 4.44. The van der Waals surface area contributed by atoms with E-state index in [9.17, 15) is 18.0 Å². The highest BCUT2D eigenvalue weighted by Gasteiger charge is 2.32. The highest BCUT2D eigenvalue weighted by molar-refractivity contribution is 7.89. The number of amides is 1. The summed E-state index contributed by atoms with van der Waals surface area (Å²) in [6.07, 6.45) is 3.05. The Balaban J connectivity index is 1.86. The predicted molar refractivity (Wildman–Crippen MR) is 76.2 cm³/mol. The third-order valence-corrected chi connectivity index (χ3v) is 6.06. The van der Waals surface area contributed by atoms with Crippen molar-refractivity contribution >= 4 is 21.9 Å². The number of hydrogen-bond acceptors (Lipinski definition) is 4. The van der Waals surface area contributed by atoms with Gasteiger partial charge < -0.3 is 10.0 Å². The molecule has 2 rings (SSSR count). The standard InChI is InChI=1S/C13H22N2O5S/c16-12(10-15-7-2-8-21(15,19)20)14-6-1-3-11(9-14)4-5-13(17)18/h11H,1-10H2,(H,17,18). The average Bonchev–Trinajstić information content (AvgIpc) is 2.76. The largest absolute Gasteiger partial charge is 0.481 e. The quantitative estimate of drug-likeness (QED) is 0.777. The molecule has 0 bridgehead atoms. The van der Waals surface area contributed by atoms with Crippen LogP contribution in [0.4, 0.5) is 0 Å². The first kappa shape index (κ1) is 16.2. The summed E-state index contributed by atoms with van der Waals surface area (Å²) in [7, 11) is -3.25. The molecule has 2 saturated heterocycles. The van der Waals surface area contributed by atoms with Crippen LogP contribution < -0.4 is 0 Å². The Labute approximate surface area is 125 Å². The van der Waals surface area contributed by atoms with Gasteiger partial charge in [0.1, 0.15) is 0 Å². The van der Waals surface area contributed by atoms with Crippen molar-refractivity contribution in [3.63, 3.8) is 0 Å². The number of carboxylic acids is 1. The van der Waals surface area contributed by atoms with Crippen LogP contribution in [0.5, 0.6) is 0 Å².